The smallest absolute Gasteiger partial charge is 0.238 e. The molecule has 0 aliphatic heterocycles. The summed E-state index contributed by atoms with van der Waals surface area (Å²) < 4.78 is 2.50. The Morgan fingerprint density at radius 1 is 1.29 bits per heavy atom. The van der Waals surface area contributed by atoms with Crippen LogP contribution in [0.2, 0.25) is 0 Å². The molecule has 2 N–H and O–H groups in total. The van der Waals surface area contributed by atoms with Crippen molar-refractivity contribution in [1.29, 1.82) is 0 Å². The Labute approximate surface area is 150 Å². The van der Waals surface area contributed by atoms with Crippen molar-refractivity contribution in [3.8, 4) is 0 Å². The second kappa shape index (κ2) is 8.06. The minimum atomic E-state index is -0.824. The molecule has 4 nitrogen and oxygen atoms in total. The summed E-state index contributed by atoms with van der Waals surface area (Å²) in [5.41, 5.74) is -0.128. The molecule has 0 saturated carbocycles. The predicted molar refractivity (Wildman–Crippen MR) is 96.6 cm³/mol. The Morgan fingerprint density at radius 2 is 1.81 bits per heavy atom. The first kappa shape index (κ1) is 19.1. The fourth-order valence-electron chi connectivity index (χ4n) is 1.87. The zero-order valence-corrected chi connectivity index (χ0v) is 17.0. The lowest BCUT2D eigenvalue weighted by molar-refractivity contribution is -0.117. The van der Waals surface area contributed by atoms with Crippen LogP contribution < -0.4 is 5.32 Å². The van der Waals surface area contributed by atoms with Gasteiger partial charge in [0.2, 0.25) is 5.91 Å². The van der Waals surface area contributed by atoms with E-state index in [1.54, 1.807) is 13.8 Å². The Kier molecular flexibility index (Phi) is 7.33. The van der Waals surface area contributed by atoms with Crippen LogP contribution in [-0.4, -0.2) is 41.1 Å². The highest BCUT2D eigenvalue weighted by atomic mass is 79.9. The molecule has 1 amide bonds. The summed E-state index contributed by atoms with van der Waals surface area (Å²) in [5, 5.41) is 12.7. The van der Waals surface area contributed by atoms with Gasteiger partial charge in [-0.15, -0.1) is 0 Å². The number of rotatable bonds is 6. The van der Waals surface area contributed by atoms with Gasteiger partial charge in [0, 0.05) is 20.0 Å². The number of aliphatic hydroxyl groups is 1. The van der Waals surface area contributed by atoms with Crippen LogP contribution in [0.15, 0.2) is 25.6 Å². The standard InChI is InChI=1S/C14H19Br3N2O2/c1-4-19(8-14(2,3)21)7-12(20)18-13-10(16)5-9(15)6-11(13)17/h5-6,21H,4,7-8H2,1-3H3,(H,18,20). The lowest BCUT2D eigenvalue weighted by Crippen LogP contribution is -2.42. The second-order valence-corrected chi connectivity index (χ2v) is 8.03. The molecular weight excluding hydrogens is 468 g/mol. The van der Waals surface area contributed by atoms with Crippen molar-refractivity contribution in [2.24, 2.45) is 0 Å². The topological polar surface area (TPSA) is 52.6 Å². The first-order valence-electron chi connectivity index (χ1n) is 6.51. The Balaban J connectivity index is 2.73. The van der Waals surface area contributed by atoms with E-state index in [1.807, 2.05) is 24.0 Å². The van der Waals surface area contributed by atoms with Crippen LogP contribution in [0, 0.1) is 0 Å². The number of nitrogens with one attached hydrogen (secondary N) is 1. The van der Waals surface area contributed by atoms with Crippen LogP contribution in [0.1, 0.15) is 20.8 Å². The van der Waals surface area contributed by atoms with E-state index in [9.17, 15) is 9.90 Å². The van der Waals surface area contributed by atoms with Crippen molar-refractivity contribution in [2.75, 3.05) is 25.0 Å². The highest BCUT2D eigenvalue weighted by Gasteiger charge is 2.20. The van der Waals surface area contributed by atoms with Crippen LogP contribution in [0.5, 0.6) is 0 Å². The SMILES string of the molecule is CCN(CC(=O)Nc1c(Br)cc(Br)cc1Br)CC(C)(C)O. The number of carbonyl (C=O) groups is 1. The minimum absolute atomic E-state index is 0.121. The number of hydrogen-bond donors (Lipinski definition) is 2. The van der Waals surface area contributed by atoms with E-state index in [0.29, 0.717) is 18.8 Å². The lowest BCUT2D eigenvalue weighted by atomic mass is 10.1. The van der Waals surface area contributed by atoms with E-state index >= 15 is 0 Å². The van der Waals surface area contributed by atoms with Gasteiger partial charge in [0.25, 0.3) is 0 Å². The van der Waals surface area contributed by atoms with Gasteiger partial charge in [-0.05, 0) is 64.4 Å². The Bertz CT molecular complexity index is 492. The van der Waals surface area contributed by atoms with Gasteiger partial charge in [-0.1, -0.05) is 22.9 Å². The molecule has 0 radical (unpaired) electrons. The van der Waals surface area contributed by atoms with E-state index in [4.69, 9.17) is 0 Å². The minimum Gasteiger partial charge on any atom is -0.389 e. The van der Waals surface area contributed by atoms with E-state index in [1.165, 1.54) is 0 Å². The zero-order valence-electron chi connectivity index (χ0n) is 12.2. The molecule has 0 fully saturated rings. The highest BCUT2D eigenvalue weighted by Crippen LogP contribution is 2.34. The number of carbonyl (C=O) groups excluding carboxylic acids is 1. The van der Waals surface area contributed by atoms with Gasteiger partial charge in [-0.25, -0.2) is 0 Å². The average molecular weight is 487 g/mol. The quantitative estimate of drug-likeness (QED) is 0.639. The van der Waals surface area contributed by atoms with Gasteiger partial charge in [0.1, 0.15) is 0 Å². The van der Waals surface area contributed by atoms with Gasteiger partial charge in [-0.2, -0.15) is 0 Å². The molecule has 0 aromatic heterocycles. The average Bonchev–Trinajstić information content (AvgIpc) is 2.31. The molecular formula is C14H19Br3N2O2. The Hall–Kier alpha value is 0.0500. The fourth-order valence-corrected chi connectivity index (χ4v) is 4.33. The third-order valence-electron chi connectivity index (χ3n) is 2.70. The molecule has 0 aliphatic carbocycles. The zero-order chi connectivity index (χ0) is 16.2. The van der Waals surface area contributed by atoms with Crippen molar-refractivity contribution in [1.82, 2.24) is 4.90 Å². The van der Waals surface area contributed by atoms with Gasteiger partial charge >= 0.3 is 0 Å². The van der Waals surface area contributed by atoms with Crippen molar-refractivity contribution in [2.45, 2.75) is 26.4 Å². The summed E-state index contributed by atoms with van der Waals surface area (Å²) in [6, 6.07) is 3.74. The number of amides is 1. The summed E-state index contributed by atoms with van der Waals surface area (Å²) in [6.45, 7) is 6.80. The van der Waals surface area contributed by atoms with Crippen LogP contribution in [0.25, 0.3) is 0 Å². The van der Waals surface area contributed by atoms with Crippen molar-refractivity contribution in [3.05, 3.63) is 25.6 Å². The first-order chi connectivity index (χ1) is 9.62. The van der Waals surface area contributed by atoms with Gasteiger partial charge in [0.15, 0.2) is 0 Å². The van der Waals surface area contributed by atoms with E-state index < -0.39 is 5.60 Å². The maximum absolute atomic E-state index is 12.2. The molecule has 1 aromatic carbocycles. The number of anilines is 1. The number of halogens is 3. The summed E-state index contributed by atoms with van der Waals surface area (Å²) >= 11 is 10.2. The highest BCUT2D eigenvalue weighted by molar-refractivity contribution is 9.11. The molecule has 0 bridgehead atoms. The van der Waals surface area contributed by atoms with Crippen LogP contribution >= 0.6 is 47.8 Å². The lowest BCUT2D eigenvalue weighted by Gasteiger charge is -2.27. The number of likely N-dealkylation sites (N-methyl/N-ethyl adjacent to an activating group) is 1. The van der Waals surface area contributed by atoms with Crippen LogP contribution in [0.4, 0.5) is 5.69 Å². The maximum Gasteiger partial charge on any atom is 0.238 e. The molecule has 0 saturated heterocycles. The molecule has 0 atom stereocenters. The molecule has 0 unspecified atom stereocenters. The van der Waals surface area contributed by atoms with Crippen LogP contribution in [0.3, 0.4) is 0 Å². The molecule has 21 heavy (non-hydrogen) atoms. The normalized spacial score (nSPS) is 11.8. The van der Waals surface area contributed by atoms with Gasteiger partial charge in [0.05, 0.1) is 17.8 Å². The van der Waals surface area contributed by atoms with E-state index in [0.717, 1.165) is 13.4 Å². The van der Waals surface area contributed by atoms with Crippen molar-refractivity contribution in [3.63, 3.8) is 0 Å². The number of hydrogen-bond acceptors (Lipinski definition) is 3. The molecule has 0 spiro atoms. The molecule has 1 rings (SSSR count). The predicted octanol–water partition coefficient (Wildman–Crippen LogP) is 4.01. The molecule has 7 heteroatoms. The third kappa shape index (κ3) is 6.78. The number of nitrogens with zero attached hydrogens (tertiary/aromatic N) is 1. The number of benzene rings is 1. The van der Waals surface area contributed by atoms with E-state index in [2.05, 4.69) is 53.1 Å². The van der Waals surface area contributed by atoms with Crippen molar-refractivity contribution >= 4 is 59.4 Å². The van der Waals surface area contributed by atoms with Crippen molar-refractivity contribution < 1.29 is 9.90 Å². The van der Waals surface area contributed by atoms with Gasteiger partial charge in [-0.3, -0.25) is 9.69 Å². The third-order valence-corrected chi connectivity index (χ3v) is 4.40. The van der Waals surface area contributed by atoms with E-state index in [-0.39, 0.29) is 12.5 Å². The maximum atomic E-state index is 12.2. The van der Waals surface area contributed by atoms with Crippen LogP contribution in [-0.2, 0) is 4.79 Å². The molecule has 118 valence electrons. The van der Waals surface area contributed by atoms with Gasteiger partial charge < -0.3 is 10.4 Å². The molecule has 0 aliphatic rings. The second-order valence-electron chi connectivity index (χ2n) is 5.41. The Morgan fingerprint density at radius 3 is 2.24 bits per heavy atom. The summed E-state index contributed by atoms with van der Waals surface area (Å²) in [6.07, 6.45) is 0. The first-order valence-corrected chi connectivity index (χ1v) is 8.89. The summed E-state index contributed by atoms with van der Waals surface area (Å²) in [5.74, 6) is -0.121. The largest absolute Gasteiger partial charge is 0.389 e. The summed E-state index contributed by atoms with van der Waals surface area (Å²) in [7, 11) is 0. The molecule has 0 heterocycles. The monoisotopic (exact) mass is 484 g/mol. The fraction of sp³-hybridized carbons (Fsp3) is 0.500. The molecule has 1 aromatic rings. The summed E-state index contributed by atoms with van der Waals surface area (Å²) in [4.78, 5) is 14.1.